The SMILES string of the molecule is CC1(C)OC[C@H]2[C@@H]3O[C@@H]3CO[C@@H]2CO1. The highest BCUT2D eigenvalue weighted by atomic mass is 16.7. The summed E-state index contributed by atoms with van der Waals surface area (Å²) in [7, 11) is 0. The third kappa shape index (κ3) is 1.46. The van der Waals surface area contributed by atoms with Crippen molar-refractivity contribution >= 4 is 0 Å². The lowest BCUT2D eigenvalue weighted by Gasteiger charge is -2.25. The summed E-state index contributed by atoms with van der Waals surface area (Å²) in [5.74, 6) is -0.124. The van der Waals surface area contributed by atoms with E-state index in [2.05, 4.69) is 0 Å². The first kappa shape index (κ1) is 9.09. The van der Waals surface area contributed by atoms with E-state index in [-0.39, 0.29) is 6.10 Å². The molecule has 0 unspecified atom stereocenters. The molecule has 3 rings (SSSR count). The summed E-state index contributed by atoms with van der Waals surface area (Å²) in [6, 6.07) is 0. The summed E-state index contributed by atoms with van der Waals surface area (Å²) < 4.78 is 22.5. The van der Waals surface area contributed by atoms with Gasteiger partial charge in [0.1, 0.15) is 6.10 Å². The fraction of sp³-hybridized carbons (Fsp3) is 1.00. The molecule has 0 aromatic rings. The van der Waals surface area contributed by atoms with Gasteiger partial charge in [-0.3, -0.25) is 0 Å². The molecule has 4 atom stereocenters. The van der Waals surface area contributed by atoms with Gasteiger partial charge in [0.2, 0.25) is 0 Å². The van der Waals surface area contributed by atoms with Crippen molar-refractivity contribution in [3.8, 4) is 0 Å². The molecule has 14 heavy (non-hydrogen) atoms. The number of fused-ring (bicyclic) bond motifs is 3. The smallest absolute Gasteiger partial charge is 0.162 e. The molecule has 0 aromatic carbocycles. The van der Waals surface area contributed by atoms with Gasteiger partial charge in [0, 0.05) is 5.92 Å². The molecule has 0 aromatic heterocycles. The summed E-state index contributed by atoms with van der Waals surface area (Å²) in [5, 5.41) is 0. The number of epoxide rings is 1. The van der Waals surface area contributed by atoms with Crippen molar-refractivity contribution in [1.82, 2.24) is 0 Å². The second kappa shape index (κ2) is 2.92. The van der Waals surface area contributed by atoms with Gasteiger partial charge >= 0.3 is 0 Å². The Morgan fingerprint density at radius 3 is 2.64 bits per heavy atom. The van der Waals surface area contributed by atoms with Gasteiger partial charge in [-0.05, 0) is 13.8 Å². The van der Waals surface area contributed by atoms with E-state index in [1.165, 1.54) is 0 Å². The van der Waals surface area contributed by atoms with Gasteiger partial charge in [-0.1, -0.05) is 0 Å². The zero-order valence-corrected chi connectivity index (χ0v) is 8.56. The molecule has 3 heterocycles. The number of hydrogen-bond acceptors (Lipinski definition) is 4. The standard InChI is InChI=1S/C10H16O4/c1-10(2)12-3-6-7(5-13-10)11-4-8-9(6)14-8/h6-9H,3-5H2,1-2H3/t6-,7-,8-,9+/m1/s1. The Kier molecular flexibility index (Phi) is 1.89. The van der Waals surface area contributed by atoms with Crippen LogP contribution in [-0.2, 0) is 18.9 Å². The van der Waals surface area contributed by atoms with Crippen LogP contribution in [0.2, 0.25) is 0 Å². The molecule has 0 saturated carbocycles. The maximum absolute atomic E-state index is 5.68. The highest BCUT2D eigenvalue weighted by Crippen LogP contribution is 2.39. The average molecular weight is 200 g/mol. The molecule has 3 aliphatic rings. The Hall–Kier alpha value is -0.160. The van der Waals surface area contributed by atoms with Crippen molar-refractivity contribution < 1.29 is 18.9 Å². The molecule has 3 aliphatic heterocycles. The highest BCUT2D eigenvalue weighted by Gasteiger charge is 2.53. The second-order valence-corrected chi connectivity index (χ2v) is 4.70. The third-order valence-electron chi connectivity index (χ3n) is 3.21. The summed E-state index contributed by atoms with van der Waals surface area (Å²) >= 11 is 0. The van der Waals surface area contributed by atoms with E-state index in [0.717, 1.165) is 6.61 Å². The van der Waals surface area contributed by atoms with Crippen molar-refractivity contribution in [2.75, 3.05) is 19.8 Å². The fourth-order valence-corrected chi connectivity index (χ4v) is 2.22. The molecule has 4 nitrogen and oxygen atoms in total. The minimum Gasteiger partial charge on any atom is -0.373 e. The summed E-state index contributed by atoms with van der Waals surface area (Å²) in [5.41, 5.74) is 0. The predicted molar refractivity (Wildman–Crippen MR) is 47.9 cm³/mol. The van der Waals surface area contributed by atoms with Crippen LogP contribution in [0.5, 0.6) is 0 Å². The Bertz CT molecular complexity index is 240. The number of rotatable bonds is 0. The molecule has 0 radical (unpaired) electrons. The first-order valence-corrected chi connectivity index (χ1v) is 5.21. The van der Waals surface area contributed by atoms with E-state index in [0.29, 0.717) is 31.3 Å². The highest BCUT2D eigenvalue weighted by molar-refractivity contribution is 4.98. The number of hydrogen-bond donors (Lipinski definition) is 0. The molecule has 80 valence electrons. The third-order valence-corrected chi connectivity index (χ3v) is 3.21. The van der Waals surface area contributed by atoms with E-state index in [1.807, 2.05) is 13.8 Å². The maximum atomic E-state index is 5.68. The van der Waals surface area contributed by atoms with Crippen LogP contribution < -0.4 is 0 Å². The lowest BCUT2D eigenvalue weighted by molar-refractivity contribution is -0.205. The summed E-state index contributed by atoms with van der Waals surface area (Å²) in [4.78, 5) is 0. The van der Waals surface area contributed by atoms with Crippen molar-refractivity contribution in [3.05, 3.63) is 0 Å². The molecule has 0 bridgehead atoms. The summed E-state index contributed by atoms with van der Waals surface area (Å²) in [6.45, 7) is 5.89. The van der Waals surface area contributed by atoms with Crippen LogP contribution in [-0.4, -0.2) is 43.9 Å². The predicted octanol–water partition coefficient (Wildman–Crippen LogP) is 0.552. The fourth-order valence-electron chi connectivity index (χ4n) is 2.22. The molecule has 0 amide bonds. The first-order valence-electron chi connectivity index (χ1n) is 5.21. The monoisotopic (exact) mass is 200 g/mol. The van der Waals surface area contributed by atoms with Gasteiger partial charge in [0.05, 0.1) is 32.0 Å². The van der Waals surface area contributed by atoms with Crippen molar-refractivity contribution in [2.45, 2.75) is 37.9 Å². The van der Waals surface area contributed by atoms with Crippen LogP contribution in [0.1, 0.15) is 13.8 Å². The minimum atomic E-state index is -0.481. The molecular formula is C10H16O4. The number of ether oxygens (including phenoxy) is 4. The Morgan fingerprint density at radius 2 is 1.79 bits per heavy atom. The molecule has 3 fully saturated rings. The topological polar surface area (TPSA) is 40.2 Å². The van der Waals surface area contributed by atoms with E-state index >= 15 is 0 Å². The molecule has 0 aliphatic carbocycles. The van der Waals surface area contributed by atoms with Crippen LogP contribution in [0.15, 0.2) is 0 Å². The zero-order chi connectivity index (χ0) is 9.76. The Labute approximate surface area is 83.5 Å². The zero-order valence-electron chi connectivity index (χ0n) is 8.56. The lowest BCUT2D eigenvalue weighted by atomic mass is 9.95. The van der Waals surface area contributed by atoms with Crippen LogP contribution in [0.4, 0.5) is 0 Å². The normalized spacial score (nSPS) is 50.1. The second-order valence-electron chi connectivity index (χ2n) is 4.70. The van der Waals surface area contributed by atoms with Gasteiger partial charge in [0.25, 0.3) is 0 Å². The van der Waals surface area contributed by atoms with Gasteiger partial charge in [0.15, 0.2) is 5.79 Å². The van der Waals surface area contributed by atoms with Gasteiger partial charge in [-0.2, -0.15) is 0 Å². The van der Waals surface area contributed by atoms with E-state index in [4.69, 9.17) is 18.9 Å². The van der Waals surface area contributed by atoms with E-state index in [1.54, 1.807) is 0 Å². The van der Waals surface area contributed by atoms with Crippen LogP contribution in [0.3, 0.4) is 0 Å². The van der Waals surface area contributed by atoms with Gasteiger partial charge in [-0.25, -0.2) is 0 Å². The minimum absolute atomic E-state index is 0.153. The molecular weight excluding hydrogens is 184 g/mol. The summed E-state index contributed by atoms with van der Waals surface area (Å²) in [6.07, 6.45) is 0.827. The van der Waals surface area contributed by atoms with Crippen molar-refractivity contribution in [1.29, 1.82) is 0 Å². The average Bonchev–Trinajstić information content (AvgIpc) is 2.89. The van der Waals surface area contributed by atoms with Crippen LogP contribution in [0.25, 0.3) is 0 Å². The largest absolute Gasteiger partial charge is 0.373 e. The van der Waals surface area contributed by atoms with Gasteiger partial charge < -0.3 is 18.9 Å². The van der Waals surface area contributed by atoms with Crippen molar-refractivity contribution in [2.24, 2.45) is 5.92 Å². The Balaban J connectivity index is 1.74. The molecule has 4 heteroatoms. The van der Waals surface area contributed by atoms with Crippen LogP contribution in [0, 0.1) is 5.92 Å². The van der Waals surface area contributed by atoms with E-state index < -0.39 is 5.79 Å². The van der Waals surface area contributed by atoms with Crippen LogP contribution >= 0.6 is 0 Å². The molecule has 0 spiro atoms. The van der Waals surface area contributed by atoms with E-state index in [9.17, 15) is 0 Å². The molecule has 0 N–H and O–H groups in total. The Morgan fingerprint density at radius 1 is 1.00 bits per heavy atom. The van der Waals surface area contributed by atoms with Crippen molar-refractivity contribution in [3.63, 3.8) is 0 Å². The lowest BCUT2D eigenvalue weighted by Crippen LogP contribution is -2.39. The molecule has 3 saturated heterocycles. The first-order chi connectivity index (χ1) is 6.66. The van der Waals surface area contributed by atoms with Gasteiger partial charge in [-0.15, -0.1) is 0 Å². The quantitative estimate of drug-likeness (QED) is 0.535. The maximum Gasteiger partial charge on any atom is 0.162 e.